The molecule has 0 aliphatic carbocycles. The second-order valence-corrected chi connectivity index (χ2v) is 6.64. The molecule has 0 fully saturated rings. The van der Waals surface area contributed by atoms with Gasteiger partial charge in [-0.2, -0.15) is 4.37 Å². The van der Waals surface area contributed by atoms with Crippen LogP contribution in [0.2, 0.25) is 0 Å². The first-order valence-corrected chi connectivity index (χ1v) is 9.26. The summed E-state index contributed by atoms with van der Waals surface area (Å²) in [7, 11) is 0. The van der Waals surface area contributed by atoms with Gasteiger partial charge in [-0.15, -0.1) is 11.8 Å². The van der Waals surface area contributed by atoms with E-state index in [0.717, 1.165) is 49.4 Å². The van der Waals surface area contributed by atoms with E-state index in [1.54, 1.807) is 0 Å². The van der Waals surface area contributed by atoms with Crippen LogP contribution in [0.15, 0.2) is 5.03 Å². The molecule has 1 aromatic rings. The lowest BCUT2D eigenvalue weighted by atomic mass is 10.3. The average molecular weight is 345 g/mol. The Morgan fingerprint density at radius 3 is 2.59 bits per heavy atom. The van der Waals surface area contributed by atoms with Gasteiger partial charge in [-0.1, -0.05) is 33.1 Å². The summed E-state index contributed by atoms with van der Waals surface area (Å²) in [6, 6.07) is -0.387. The second kappa shape index (κ2) is 10.4. The molecule has 0 aliphatic heterocycles. The summed E-state index contributed by atoms with van der Waals surface area (Å²) in [5.74, 6) is -0.226. The largest absolute Gasteiger partial charge is 0.477 e. The van der Waals surface area contributed by atoms with Gasteiger partial charge in [-0.25, -0.2) is 9.59 Å². The minimum Gasteiger partial charge on any atom is -0.477 e. The molecule has 0 aromatic carbocycles. The number of carboxylic acids is 1. The molecule has 1 rings (SSSR count). The van der Waals surface area contributed by atoms with Crippen molar-refractivity contribution in [2.45, 2.75) is 51.0 Å². The zero-order valence-electron chi connectivity index (χ0n) is 13.0. The number of carbonyl (C=O) groups excluding carboxylic acids is 1. The molecule has 0 atom stereocenters. The predicted molar refractivity (Wildman–Crippen MR) is 91.3 cm³/mol. The van der Waals surface area contributed by atoms with Gasteiger partial charge >= 0.3 is 12.0 Å². The van der Waals surface area contributed by atoms with E-state index < -0.39 is 5.97 Å². The first-order chi connectivity index (χ1) is 10.6. The minimum absolute atomic E-state index is 0.0946. The molecular weight excluding hydrogens is 322 g/mol. The lowest BCUT2D eigenvalue weighted by molar-refractivity contribution is 0.0694. The topological polar surface area (TPSA) is 91.3 Å². The van der Waals surface area contributed by atoms with Crippen LogP contribution in [0.3, 0.4) is 0 Å². The quantitative estimate of drug-likeness (QED) is 0.439. The molecule has 1 heterocycles. The Bertz CT molecular complexity index is 492. The van der Waals surface area contributed by atoms with E-state index in [4.69, 9.17) is 0 Å². The van der Waals surface area contributed by atoms with Crippen LogP contribution >= 0.6 is 23.3 Å². The number of carboxylic acid groups (broad SMARTS) is 1. The first-order valence-electron chi connectivity index (χ1n) is 7.50. The Kier molecular flexibility index (Phi) is 8.91. The summed E-state index contributed by atoms with van der Waals surface area (Å²) in [4.78, 5) is 23.1. The van der Waals surface area contributed by atoms with Gasteiger partial charge in [0.1, 0.15) is 15.6 Å². The third-order valence-electron chi connectivity index (χ3n) is 2.90. The van der Waals surface area contributed by atoms with Crippen molar-refractivity contribution in [3.05, 3.63) is 5.56 Å². The van der Waals surface area contributed by atoms with Crippen LogP contribution in [0.5, 0.6) is 0 Å². The normalized spacial score (nSPS) is 10.5. The van der Waals surface area contributed by atoms with Crippen LogP contribution < -0.4 is 10.6 Å². The number of nitrogens with one attached hydrogen (secondary N) is 2. The van der Waals surface area contributed by atoms with Gasteiger partial charge in [0, 0.05) is 6.54 Å². The van der Waals surface area contributed by atoms with Crippen molar-refractivity contribution in [2.24, 2.45) is 0 Å². The number of carbonyl (C=O) groups is 2. The van der Waals surface area contributed by atoms with E-state index in [1.165, 1.54) is 11.8 Å². The monoisotopic (exact) mass is 345 g/mol. The maximum absolute atomic E-state index is 11.7. The van der Waals surface area contributed by atoms with E-state index in [1.807, 2.05) is 6.92 Å². The molecule has 0 radical (unpaired) electrons. The fourth-order valence-electron chi connectivity index (χ4n) is 1.69. The zero-order valence-corrected chi connectivity index (χ0v) is 14.6. The molecule has 3 N–H and O–H groups in total. The van der Waals surface area contributed by atoms with Crippen LogP contribution in [0.4, 0.5) is 9.80 Å². The van der Waals surface area contributed by atoms with Gasteiger partial charge in [0.25, 0.3) is 0 Å². The molecule has 0 unspecified atom stereocenters. The molecule has 2 amide bonds. The van der Waals surface area contributed by atoms with Crippen LogP contribution in [0.25, 0.3) is 0 Å². The maximum atomic E-state index is 11.7. The molecule has 8 heteroatoms. The fourth-order valence-corrected chi connectivity index (χ4v) is 3.64. The van der Waals surface area contributed by atoms with Crippen molar-refractivity contribution in [2.75, 3.05) is 17.6 Å². The van der Waals surface area contributed by atoms with Gasteiger partial charge in [0.05, 0.1) is 0 Å². The molecule has 1 aromatic heterocycles. The summed E-state index contributed by atoms with van der Waals surface area (Å²) >= 11 is 2.44. The molecular formula is C14H23N3O3S2. The number of aromatic nitrogens is 1. The van der Waals surface area contributed by atoms with Gasteiger partial charge < -0.3 is 10.4 Å². The predicted octanol–water partition coefficient (Wildman–Crippen LogP) is 4.05. The van der Waals surface area contributed by atoms with Crippen LogP contribution in [0.1, 0.15) is 56.3 Å². The van der Waals surface area contributed by atoms with Crippen molar-refractivity contribution < 1.29 is 14.7 Å². The third-order valence-corrected chi connectivity index (χ3v) is 4.84. The molecule has 0 saturated heterocycles. The van der Waals surface area contributed by atoms with Gasteiger partial charge in [-0.3, -0.25) is 5.32 Å². The molecule has 0 saturated carbocycles. The highest BCUT2D eigenvalue weighted by Gasteiger charge is 2.22. The Morgan fingerprint density at radius 1 is 1.23 bits per heavy atom. The van der Waals surface area contributed by atoms with Crippen LogP contribution in [-0.4, -0.2) is 33.8 Å². The van der Waals surface area contributed by atoms with Gasteiger partial charge in [-0.05, 0) is 30.1 Å². The fraction of sp³-hybridized carbons (Fsp3) is 0.643. The summed E-state index contributed by atoms with van der Waals surface area (Å²) in [6.45, 7) is 4.73. The Morgan fingerprint density at radius 2 is 1.95 bits per heavy atom. The number of rotatable bonds is 10. The highest BCUT2D eigenvalue weighted by atomic mass is 32.2. The van der Waals surface area contributed by atoms with Crippen molar-refractivity contribution in [1.29, 1.82) is 0 Å². The lowest BCUT2D eigenvalue weighted by Gasteiger charge is -2.06. The van der Waals surface area contributed by atoms with Crippen LogP contribution in [0, 0.1) is 0 Å². The summed E-state index contributed by atoms with van der Waals surface area (Å²) in [5.41, 5.74) is 0.0946. The lowest BCUT2D eigenvalue weighted by Crippen LogP contribution is -2.29. The van der Waals surface area contributed by atoms with E-state index in [9.17, 15) is 14.7 Å². The van der Waals surface area contributed by atoms with Crippen molar-refractivity contribution >= 4 is 40.3 Å². The molecule has 0 bridgehead atoms. The Labute approximate surface area is 139 Å². The zero-order chi connectivity index (χ0) is 16.4. The maximum Gasteiger partial charge on any atom is 0.341 e. The van der Waals surface area contributed by atoms with Crippen LogP contribution in [-0.2, 0) is 0 Å². The number of amides is 2. The molecule has 0 aliphatic rings. The van der Waals surface area contributed by atoms with Gasteiger partial charge in [0.2, 0.25) is 0 Å². The highest BCUT2D eigenvalue weighted by Crippen LogP contribution is 2.32. The Hall–Kier alpha value is -1.28. The number of aromatic carboxylic acids is 1. The van der Waals surface area contributed by atoms with E-state index in [2.05, 4.69) is 21.9 Å². The molecule has 0 spiro atoms. The van der Waals surface area contributed by atoms with Gasteiger partial charge in [0.15, 0.2) is 0 Å². The Balaban J connectivity index is 2.64. The number of thioether (sulfide) groups is 1. The van der Waals surface area contributed by atoms with Crippen molar-refractivity contribution in [3.63, 3.8) is 0 Å². The van der Waals surface area contributed by atoms with E-state index in [-0.39, 0.29) is 11.6 Å². The number of hydrogen-bond acceptors (Lipinski definition) is 5. The third kappa shape index (κ3) is 6.23. The summed E-state index contributed by atoms with van der Waals surface area (Å²) in [6.07, 6.45) is 5.14. The smallest absolute Gasteiger partial charge is 0.341 e. The number of anilines is 1. The van der Waals surface area contributed by atoms with Crippen molar-refractivity contribution in [3.8, 4) is 0 Å². The number of hydrogen-bond donors (Lipinski definition) is 3. The number of nitrogens with zero attached hydrogens (tertiary/aromatic N) is 1. The summed E-state index contributed by atoms with van der Waals surface area (Å²) < 4.78 is 4.17. The highest BCUT2D eigenvalue weighted by molar-refractivity contribution is 7.99. The minimum atomic E-state index is -1.06. The van der Waals surface area contributed by atoms with Crippen molar-refractivity contribution in [1.82, 2.24) is 9.69 Å². The molecule has 124 valence electrons. The van der Waals surface area contributed by atoms with E-state index >= 15 is 0 Å². The molecule has 22 heavy (non-hydrogen) atoms. The number of unbranched alkanes of at least 4 members (excludes halogenated alkanes) is 3. The SMILES string of the molecule is CCCCCSc1nsc(NC(=O)NCCCC)c1C(=O)O. The average Bonchev–Trinajstić information content (AvgIpc) is 2.86. The summed E-state index contributed by atoms with van der Waals surface area (Å²) in [5, 5.41) is 15.4. The molecule has 6 nitrogen and oxygen atoms in total. The van der Waals surface area contributed by atoms with E-state index in [0.29, 0.717) is 16.6 Å². The second-order valence-electron chi connectivity index (χ2n) is 4.79. The first kappa shape index (κ1) is 18.8. The standard InChI is InChI=1S/C14H23N3O3S2/c1-3-5-7-9-21-12-10(13(18)19)11(22-17-12)16-14(20)15-8-6-4-2/h3-9H2,1-2H3,(H,18,19)(H2,15,16,20). The number of urea groups is 1.